The van der Waals surface area contributed by atoms with E-state index in [1.807, 2.05) is 72.8 Å². The van der Waals surface area contributed by atoms with Crippen molar-refractivity contribution in [2.45, 2.75) is 12.3 Å². The first-order chi connectivity index (χ1) is 25.2. The molecule has 0 radical (unpaired) electrons. The zero-order valence-electron chi connectivity index (χ0n) is 27.2. The van der Waals surface area contributed by atoms with Crippen LogP contribution >= 0.6 is 0 Å². The van der Waals surface area contributed by atoms with Crippen molar-refractivity contribution < 1.29 is 13.6 Å². The number of rotatable bonds is 4. The standard InChI is InChI=1S/C45H27N3O3/c1-2-9-26(10-3-1)43-46-44(28-19-22-39-36(24-28)32-12-5-6-15-37(32)49-39)48-45(47-43)29-17-20-33-35-23-27(18-21-40(35)50-41(33)25-29)30-13-8-14-34-31-11-4-7-16-38(31)51-42(30)34/h1-13,15-25,34H,14H2. The number of allylic oxidation sites excluding steroid dienone is 4. The van der Waals surface area contributed by atoms with Gasteiger partial charge in [-0.05, 0) is 66.6 Å². The number of furan rings is 2. The van der Waals surface area contributed by atoms with E-state index >= 15 is 0 Å². The monoisotopic (exact) mass is 657 g/mol. The summed E-state index contributed by atoms with van der Waals surface area (Å²) in [5, 5.41) is 4.16. The van der Waals surface area contributed by atoms with Gasteiger partial charge in [0.2, 0.25) is 0 Å². The van der Waals surface area contributed by atoms with E-state index in [9.17, 15) is 0 Å². The zero-order chi connectivity index (χ0) is 33.5. The first kappa shape index (κ1) is 28.1. The number of para-hydroxylation sites is 2. The Balaban J connectivity index is 1.02. The van der Waals surface area contributed by atoms with Crippen molar-refractivity contribution in [2.75, 3.05) is 0 Å². The molecule has 0 spiro atoms. The van der Waals surface area contributed by atoms with Crippen LogP contribution in [0.4, 0.5) is 0 Å². The summed E-state index contributed by atoms with van der Waals surface area (Å²) in [5.41, 5.74) is 9.40. The Kier molecular flexibility index (Phi) is 5.98. The van der Waals surface area contributed by atoms with Crippen LogP contribution in [0.5, 0.6) is 5.75 Å². The summed E-state index contributed by atoms with van der Waals surface area (Å²) >= 11 is 0. The first-order valence-electron chi connectivity index (χ1n) is 17.1. The quantitative estimate of drug-likeness (QED) is 0.187. The van der Waals surface area contributed by atoms with Crippen molar-refractivity contribution in [1.29, 1.82) is 0 Å². The maximum atomic E-state index is 6.46. The largest absolute Gasteiger partial charge is 0.460 e. The summed E-state index contributed by atoms with van der Waals surface area (Å²) in [6.45, 7) is 0. The van der Waals surface area contributed by atoms with E-state index in [0.29, 0.717) is 17.5 Å². The molecule has 1 atom stereocenters. The third kappa shape index (κ3) is 4.46. The second kappa shape index (κ2) is 10.9. The summed E-state index contributed by atoms with van der Waals surface area (Å²) in [7, 11) is 0. The molecule has 2 aliphatic rings. The van der Waals surface area contributed by atoms with Gasteiger partial charge in [-0.1, -0.05) is 91.0 Å². The lowest BCUT2D eigenvalue weighted by Gasteiger charge is -2.17. The van der Waals surface area contributed by atoms with Gasteiger partial charge in [0.1, 0.15) is 33.8 Å². The lowest BCUT2D eigenvalue weighted by atomic mass is 9.87. The van der Waals surface area contributed by atoms with Gasteiger partial charge in [-0.2, -0.15) is 0 Å². The fourth-order valence-corrected chi connectivity index (χ4v) is 7.61. The molecule has 6 heteroatoms. The van der Waals surface area contributed by atoms with Gasteiger partial charge in [0.15, 0.2) is 17.5 Å². The maximum Gasteiger partial charge on any atom is 0.164 e. The van der Waals surface area contributed by atoms with E-state index in [1.54, 1.807) is 0 Å². The third-order valence-electron chi connectivity index (χ3n) is 10.1. The van der Waals surface area contributed by atoms with Gasteiger partial charge in [-0.25, -0.2) is 15.0 Å². The molecule has 0 saturated heterocycles. The molecule has 0 saturated carbocycles. The Morgan fingerprint density at radius 1 is 0.471 bits per heavy atom. The predicted octanol–water partition coefficient (Wildman–Crippen LogP) is 11.5. The molecule has 11 rings (SSSR count). The van der Waals surface area contributed by atoms with Crippen molar-refractivity contribution in [3.8, 4) is 39.9 Å². The number of nitrogens with zero attached hydrogens (tertiary/aromatic N) is 3. The van der Waals surface area contributed by atoms with Crippen LogP contribution in [0.15, 0.2) is 160 Å². The summed E-state index contributed by atoms with van der Waals surface area (Å²) in [6.07, 6.45) is 5.38. The van der Waals surface area contributed by atoms with Crippen LogP contribution in [-0.2, 0) is 0 Å². The van der Waals surface area contributed by atoms with E-state index < -0.39 is 0 Å². The molecule has 0 N–H and O–H groups in total. The van der Waals surface area contributed by atoms with Crippen LogP contribution in [0.3, 0.4) is 0 Å². The van der Waals surface area contributed by atoms with Crippen LogP contribution < -0.4 is 4.74 Å². The molecule has 4 heterocycles. The van der Waals surface area contributed by atoms with Crippen molar-refractivity contribution in [3.05, 3.63) is 162 Å². The molecular weight excluding hydrogens is 631 g/mol. The Hall–Kier alpha value is -6.79. The molecule has 1 aliphatic carbocycles. The van der Waals surface area contributed by atoms with Crippen molar-refractivity contribution in [3.63, 3.8) is 0 Å². The van der Waals surface area contributed by atoms with E-state index in [1.165, 1.54) is 5.56 Å². The topological polar surface area (TPSA) is 74.2 Å². The van der Waals surface area contributed by atoms with Gasteiger partial charge >= 0.3 is 0 Å². The number of hydrogen-bond acceptors (Lipinski definition) is 6. The maximum absolute atomic E-state index is 6.46. The minimum absolute atomic E-state index is 0.243. The minimum atomic E-state index is 0.243. The summed E-state index contributed by atoms with van der Waals surface area (Å²) in [5.74, 6) is 3.98. The molecule has 0 amide bonds. The SMILES string of the molecule is C1=CC(c2ccc3oc4cc(-c5nc(-c6ccccc6)nc(-c6ccc7oc8ccccc8c7c6)n5)ccc4c3c2)=C2Oc3ccccc3C2C1. The molecule has 6 nitrogen and oxygen atoms in total. The van der Waals surface area contributed by atoms with Gasteiger partial charge in [0.25, 0.3) is 0 Å². The highest BCUT2D eigenvalue weighted by atomic mass is 16.5. The van der Waals surface area contributed by atoms with Crippen molar-refractivity contribution >= 4 is 49.5 Å². The van der Waals surface area contributed by atoms with Gasteiger partial charge in [-0.3, -0.25) is 0 Å². The number of ether oxygens (including phenoxy) is 1. The van der Waals surface area contributed by atoms with Gasteiger partial charge in [0.05, 0.1) is 0 Å². The molecule has 1 unspecified atom stereocenters. The highest BCUT2D eigenvalue weighted by Crippen LogP contribution is 2.48. The first-order valence-corrected chi connectivity index (χ1v) is 17.1. The number of hydrogen-bond donors (Lipinski definition) is 0. The predicted molar refractivity (Wildman–Crippen MR) is 201 cm³/mol. The Bertz CT molecular complexity index is 2930. The van der Waals surface area contributed by atoms with E-state index in [2.05, 4.69) is 72.8 Å². The number of aromatic nitrogens is 3. The molecule has 0 bridgehead atoms. The molecule has 0 fully saturated rings. The molecule has 9 aromatic rings. The average molecular weight is 658 g/mol. The second-order valence-corrected chi connectivity index (χ2v) is 13.1. The highest BCUT2D eigenvalue weighted by Gasteiger charge is 2.33. The molecule has 1 aliphatic heterocycles. The van der Waals surface area contributed by atoms with Gasteiger partial charge < -0.3 is 13.6 Å². The normalized spacial score (nSPS) is 15.2. The lowest BCUT2D eigenvalue weighted by Crippen LogP contribution is -2.05. The molecular formula is C45H27N3O3. The molecule has 51 heavy (non-hydrogen) atoms. The summed E-state index contributed by atoms with van der Waals surface area (Å²) in [6, 6.07) is 45.1. The van der Waals surface area contributed by atoms with Crippen LogP contribution in [0.1, 0.15) is 23.5 Å². The molecule has 6 aromatic carbocycles. The van der Waals surface area contributed by atoms with E-state index in [0.717, 1.165) is 89.6 Å². The Morgan fingerprint density at radius 2 is 1.08 bits per heavy atom. The fraction of sp³-hybridized carbons (Fsp3) is 0.0444. The summed E-state index contributed by atoms with van der Waals surface area (Å²) in [4.78, 5) is 15.0. The smallest absolute Gasteiger partial charge is 0.164 e. The number of benzene rings is 6. The summed E-state index contributed by atoms with van der Waals surface area (Å²) < 4.78 is 19.0. The molecule has 240 valence electrons. The van der Waals surface area contributed by atoms with Crippen LogP contribution in [0.25, 0.3) is 83.6 Å². The van der Waals surface area contributed by atoms with Crippen molar-refractivity contribution in [2.24, 2.45) is 0 Å². The second-order valence-electron chi connectivity index (χ2n) is 13.1. The Labute approximate surface area is 292 Å². The van der Waals surface area contributed by atoms with E-state index in [-0.39, 0.29) is 5.92 Å². The van der Waals surface area contributed by atoms with Crippen molar-refractivity contribution in [1.82, 2.24) is 15.0 Å². The van der Waals surface area contributed by atoms with E-state index in [4.69, 9.17) is 28.5 Å². The zero-order valence-corrected chi connectivity index (χ0v) is 27.2. The van der Waals surface area contributed by atoms with Gasteiger partial charge in [-0.15, -0.1) is 0 Å². The van der Waals surface area contributed by atoms with Crippen LogP contribution in [-0.4, -0.2) is 15.0 Å². The minimum Gasteiger partial charge on any atom is -0.460 e. The van der Waals surface area contributed by atoms with Crippen LogP contribution in [0.2, 0.25) is 0 Å². The number of fused-ring (bicyclic) bond motifs is 9. The molecule has 3 aromatic heterocycles. The average Bonchev–Trinajstić information content (AvgIpc) is 3.88. The third-order valence-corrected chi connectivity index (χ3v) is 10.1. The fourth-order valence-electron chi connectivity index (χ4n) is 7.61. The van der Waals surface area contributed by atoms with Gasteiger partial charge in [0, 0.05) is 55.3 Å². The lowest BCUT2D eigenvalue weighted by molar-refractivity contribution is 0.429. The highest BCUT2D eigenvalue weighted by molar-refractivity contribution is 6.08. The van der Waals surface area contributed by atoms with Crippen LogP contribution in [0, 0.1) is 0 Å². The Morgan fingerprint density at radius 3 is 1.92 bits per heavy atom.